The van der Waals surface area contributed by atoms with E-state index in [1.54, 1.807) is 25.2 Å². The third-order valence-electron chi connectivity index (χ3n) is 3.50. The van der Waals surface area contributed by atoms with Crippen LogP contribution in [0.1, 0.15) is 32.3 Å². The summed E-state index contributed by atoms with van der Waals surface area (Å²) in [4.78, 5) is 25.1. The highest BCUT2D eigenvalue weighted by molar-refractivity contribution is 5.83. The molecule has 1 aromatic rings. The SMILES string of the molecule is CCCCN(CC(=O)NCc1ccc(OC)c(OC)c1)C(C)=O. The Hall–Kier alpha value is -2.24. The maximum Gasteiger partial charge on any atom is 0.239 e. The maximum atomic E-state index is 12.0. The summed E-state index contributed by atoms with van der Waals surface area (Å²) in [6.07, 6.45) is 1.87. The monoisotopic (exact) mass is 322 g/mol. The lowest BCUT2D eigenvalue weighted by Crippen LogP contribution is -2.40. The minimum Gasteiger partial charge on any atom is -0.493 e. The molecular formula is C17H26N2O4. The van der Waals surface area contributed by atoms with E-state index in [0.717, 1.165) is 18.4 Å². The summed E-state index contributed by atoms with van der Waals surface area (Å²) in [5, 5.41) is 2.82. The summed E-state index contributed by atoms with van der Waals surface area (Å²) in [5.74, 6) is 1.00. The molecule has 2 amide bonds. The average Bonchev–Trinajstić information content (AvgIpc) is 2.56. The molecule has 6 nitrogen and oxygen atoms in total. The quantitative estimate of drug-likeness (QED) is 0.755. The van der Waals surface area contributed by atoms with Crippen molar-refractivity contribution in [3.8, 4) is 11.5 Å². The van der Waals surface area contributed by atoms with Crippen LogP contribution in [0.25, 0.3) is 0 Å². The molecule has 0 fully saturated rings. The zero-order valence-electron chi connectivity index (χ0n) is 14.3. The Labute approximate surface area is 137 Å². The summed E-state index contributed by atoms with van der Waals surface area (Å²) in [5.41, 5.74) is 0.902. The Morgan fingerprint density at radius 3 is 2.43 bits per heavy atom. The Kier molecular flexibility index (Phi) is 7.94. The minimum absolute atomic E-state index is 0.0836. The number of hydrogen-bond donors (Lipinski definition) is 1. The maximum absolute atomic E-state index is 12.0. The van der Waals surface area contributed by atoms with Gasteiger partial charge < -0.3 is 19.7 Å². The molecular weight excluding hydrogens is 296 g/mol. The predicted molar refractivity (Wildman–Crippen MR) is 88.6 cm³/mol. The molecule has 0 saturated carbocycles. The average molecular weight is 322 g/mol. The van der Waals surface area contributed by atoms with Gasteiger partial charge in [0.05, 0.1) is 20.8 Å². The molecule has 23 heavy (non-hydrogen) atoms. The number of hydrogen-bond acceptors (Lipinski definition) is 4. The number of benzene rings is 1. The Balaban J connectivity index is 2.56. The van der Waals surface area contributed by atoms with Gasteiger partial charge in [-0.1, -0.05) is 19.4 Å². The van der Waals surface area contributed by atoms with Crippen LogP contribution in [0, 0.1) is 0 Å². The second-order valence-electron chi connectivity index (χ2n) is 5.26. The molecule has 6 heteroatoms. The normalized spacial score (nSPS) is 10.1. The van der Waals surface area contributed by atoms with Crippen LogP contribution in [0.5, 0.6) is 11.5 Å². The van der Waals surface area contributed by atoms with Crippen molar-refractivity contribution in [2.45, 2.75) is 33.2 Å². The minimum atomic E-state index is -0.175. The van der Waals surface area contributed by atoms with Crippen molar-refractivity contribution in [3.63, 3.8) is 0 Å². The summed E-state index contributed by atoms with van der Waals surface area (Å²) in [6, 6.07) is 5.48. The molecule has 0 heterocycles. The van der Waals surface area contributed by atoms with E-state index in [1.165, 1.54) is 6.92 Å². The molecule has 0 saturated heterocycles. The molecule has 0 bridgehead atoms. The van der Waals surface area contributed by atoms with Gasteiger partial charge in [0.2, 0.25) is 11.8 Å². The summed E-state index contributed by atoms with van der Waals surface area (Å²) >= 11 is 0. The molecule has 0 aliphatic heterocycles. The van der Waals surface area contributed by atoms with Gasteiger partial charge in [0.15, 0.2) is 11.5 Å². The lowest BCUT2D eigenvalue weighted by atomic mass is 10.2. The molecule has 0 aliphatic carbocycles. The van der Waals surface area contributed by atoms with E-state index in [9.17, 15) is 9.59 Å². The van der Waals surface area contributed by atoms with Crippen LogP contribution in [0.4, 0.5) is 0 Å². The lowest BCUT2D eigenvalue weighted by Gasteiger charge is -2.20. The van der Waals surface area contributed by atoms with Crippen LogP contribution < -0.4 is 14.8 Å². The van der Waals surface area contributed by atoms with Gasteiger partial charge in [0.1, 0.15) is 0 Å². The second kappa shape index (κ2) is 9.71. The Morgan fingerprint density at radius 2 is 1.87 bits per heavy atom. The first-order valence-corrected chi connectivity index (χ1v) is 7.74. The summed E-state index contributed by atoms with van der Waals surface area (Å²) < 4.78 is 10.4. The first-order valence-electron chi connectivity index (χ1n) is 7.74. The highest BCUT2D eigenvalue weighted by Gasteiger charge is 2.13. The number of methoxy groups -OCH3 is 2. The largest absolute Gasteiger partial charge is 0.493 e. The van der Waals surface area contributed by atoms with Gasteiger partial charge in [-0.2, -0.15) is 0 Å². The molecule has 128 valence electrons. The first kappa shape index (κ1) is 18.8. The van der Waals surface area contributed by atoms with Crippen LogP contribution in [0.2, 0.25) is 0 Å². The highest BCUT2D eigenvalue weighted by atomic mass is 16.5. The molecule has 1 N–H and O–H groups in total. The van der Waals surface area contributed by atoms with Crippen molar-refractivity contribution in [3.05, 3.63) is 23.8 Å². The van der Waals surface area contributed by atoms with E-state index in [0.29, 0.717) is 24.6 Å². The number of rotatable bonds is 9. The smallest absolute Gasteiger partial charge is 0.239 e. The van der Waals surface area contributed by atoms with Crippen LogP contribution in [0.3, 0.4) is 0 Å². The third-order valence-corrected chi connectivity index (χ3v) is 3.50. The van der Waals surface area contributed by atoms with Crippen molar-refractivity contribution in [2.24, 2.45) is 0 Å². The van der Waals surface area contributed by atoms with E-state index in [4.69, 9.17) is 9.47 Å². The number of nitrogens with one attached hydrogen (secondary N) is 1. The van der Waals surface area contributed by atoms with Gasteiger partial charge in [-0.3, -0.25) is 9.59 Å². The van der Waals surface area contributed by atoms with Crippen molar-refractivity contribution < 1.29 is 19.1 Å². The van der Waals surface area contributed by atoms with Gasteiger partial charge in [0.25, 0.3) is 0 Å². The van der Waals surface area contributed by atoms with Gasteiger partial charge in [-0.05, 0) is 24.1 Å². The number of amides is 2. The molecule has 0 radical (unpaired) electrons. The zero-order valence-corrected chi connectivity index (χ0v) is 14.3. The fourth-order valence-electron chi connectivity index (χ4n) is 2.12. The van der Waals surface area contributed by atoms with Crippen LogP contribution >= 0.6 is 0 Å². The van der Waals surface area contributed by atoms with E-state index in [1.807, 2.05) is 12.1 Å². The van der Waals surface area contributed by atoms with Crippen LogP contribution in [-0.2, 0) is 16.1 Å². The number of nitrogens with zero attached hydrogens (tertiary/aromatic N) is 1. The molecule has 0 spiro atoms. The molecule has 1 aromatic carbocycles. The third kappa shape index (κ3) is 6.18. The number of carbonyl (C=O) groups excluding carboxylic acids is 2. The fraction of sp³-hybridized carbons (Fsp3) is 0.529. The predicted octanol–water partition coefficient (Wildman–Crippen LogP) is 1.97. The number of unbranched alkanes of at least 4 members (excludes halogenated alkanes) is 1. The van der Waals surface area contributed by atoms with E-state index < -0.39 is 0 Å². The van der Waals surface area contributed by atoms with Gasteiger partial charge >= 0.3 is 0 Å². The molecule has 1 rings (SSSR count). The second-order valence-corrected chi connectivity index (χ2v) is 5.26. The summed E-state index contributed by atoms with van der Waals surface area (Å²) in [7, 11) is 3.14. The molecule has 0 aliphatic rings. The Morgan fingerprint density at radius 1 is 1.17 bits per heavy atom. The van der Waals surface area contributed by atoms with Gasteiger partial charge in [-0.25, -0.2) is 0 Å². The Bertz CT molecular complexity index is 531. The molecule has 0 unspecified atom stereocenters. The van der Waals surface area contributed by atoms with Crippen molar-refractivity contribution >= 4 is 11.8 Å². The van der Waals surface area contributed by atoms with E-state index in [2.05, 4.69) is 12.2 Å². The summed E-state index contributed by atoms with van der Waals surface area (Å²) in [6.45, 7) is 4.60. The van der Waals surface area contributed by atoms with Crippen LogP contribution in [-0.4, -0.2) is 44.0 Å². The van der Waals surface area contributed by atoms with Gasteiger partial charge in [0, 0.05) is 20.0 Å². The number of ether oxygens (including phenoxy) is 2. The van der Waals surface area contributed by atoms with E-state index in [-0.39, 0.29) is 18.4 Å². The van der Waals surface area contributed by atoms with Crippen molar-refractivity contribution in [2.75, 3.05) is 27.3 Å². The van der Waals surface area contributed by atoms with Crippen molar-refractivity contribution in [1.82, 2.24) is 10.2 Å². The van der Waals surface area contributed by atoms with Crippen LogP contribution in [0.15, 0.2) is 18.2 Å². The fourth-order valence-corrected chi connectivity index (χ4v) is 2.12. The number of carbonyl (C=O) groups is 2. The topological polar surface area (TPSA) is 67.9 Å². The van der Waals surface area contributed by atoms with Gasteiger partial charge in [-0.15, -0.1) is 0 Å². The first-order chi connectivity index (χ1) is 11.0. The van der Waals surface area contributed by atoms with Crippen molar-refractivity contribution in [1.29, 1.82) is 0 Å². The standard InChI is InChI=1S/C17H26N2O4/c1-5-6-9-19(13(2)20)12-17(21)18-11-14-7-8-15(22-3)16(10-14)23-4/h7-8,10H,5-6,9,11-12H2,1-4H3,(H,18,21). The highest BCUT2D eigenvalue weighted by Crippen LogP contribution is 2.27. The lowest BCUT2D eigenvalue weighted by molar-refractivity contribution is -0.134. The molecule has 0 atom stereocenters. The van der Waals surface area contributed by atoms with E-state index >= 15 is 0 Å². The zero-order chi connectivity index (χ0) is 17.2. The molecule has 0 aromatic heterocycles.